The van der Waals surface area contributed by atoms with Gasteiger partial charge >= 0.3 is 0 Å². The van der Waals surface area contributed by atoms with Crippen LogP contribution in [0.5, 0.6) is 0 Å². The van der Waals surface area contributed by atoms with Crippen molar-refractivity contribution in [2.45, 2.75) is 38.6 Å². The summed E-state index contributed by atoms with van der Waals surface area (Å²) in [4.78, 5) is 23.9. The minimum absolute atomic E-state index is 0.130. The fourth-order valence-electron chi connectivity index (χ4n) is 3.30. The molecule has 168 valence electrons. The lowest BCUT2D eigenvalue weighted by Gasteiger charge is -2.15. The molecule has 0 aliphatic heterocycles. The fraction of sp³-hybridized carbons (Fsp3) is 0.304. The zero-order chi connectivity index (χ0) is 23.3. The lowest BCUT2D eigenvalue weighted by Crippen LogP contribution is -2.25. The Morgan fingerprint density at radius 2 is 1.84 bits per heavy atom. The van der Waals surface area contributed by atoms with Crippen molar-refractivity contribution in [3.05, 3.63) is 70.5 Å². The highest BCUT2D eigenvalue weighted by atomic mass is 32.2. The van der Waals surface area contributed by atoms with Crippen molar-refractivity contribution >= 4 is 29.3 Å². The van der Waals surface area contributed by atoms with Crippen molar-refractivity contribution < 1.29 is 14.7 Å². The van der Waals surface area contributed by atoms with Crippen LogP contribution < -0.4 is 10.6 Å². The number of nitrogens with one attached hydrogen (secondary N) is 2. The molecule has 2 amide bonds. The fourth-order valence-corrected chi connectivity index (χ4v) is 4.05. The Balaban J connectivity index is 1.58. The van der Waals surface area contributed by atoms with Crippen LogP contribution in [0.1, 0.15) is 41.1 Å². The third-order valence-corrected chi connectivity index (χ3v) is 6.14. The van der Waals surface area contributed by atoms with E-state index in [1.807, 2.05) is 56.3 Å². The lowest BCUT2D eigenvalue weighted by molar-refractivity contribution is -0.118. The van der Waals surface area contributed by atoms with Gasteiger partial charge in [0.2, 0.25) is 11.8 Å². The predicted molar refractivity (Wildman–Crippen MR) is 124 cm³/mol. The molecule has 1 heterocycles. The molecule has 0 radical (unpaired) electrons. The Labute approximate surface area is 191 Å². The Bertz CT molecular complexity index is 1110. The molecule has 1 aromatic heterocycles. The third kappa shape index (κ3) is 5.54. The number of aryl methyl sites for hydroxylation is 1. The number of carbonyl (C=O) groups excluding carboxylic acids is 2. The van der Waals surface area contributed by atoms with E-state index in [9.17, 15) is 14.7 Å². The number of amides is 2. The number of thioether (sulfide) groups is 1. The van der Waals surface area contributed by atoms with E-state index in [0.717, 1.165) is 27.9 Å². The van der Waals surface area contributed by atoms with Crippen LogP contribution in [0.25, 0.3) is 0 Å². The van der Waals surface area contributed by atoms with Crippen molar-refractivity contribution in [1.82, 2.24) is 20.1 Å². The second-order valence-electron chi connectivity index (χ2n) is 7.50. The van der Waals surface area contributed by atoms with Crippen LogP contribution in [0.4, 0.5) is 5.69 Å². The van der Waals surface area contributed by atoms with Gasteiger partial charge in [-0.3, -0.25) is 9.59 Å². The van der Waals surface area contributed by atoms with Crippen LogP contribution >= 0.6 is 11.8 Å². The van der Waals surface area contributed by atoms with Gasteiger partial charge in [0.25, 0.3) is 0 Å². The van der Waals surface area contributed by atoms with Crippen LogP contribution in [0.2, 0.25) is 0 Å². The molecule has 0 aliphatic carbocycles. The first-order valence-corrected chi connectivity index (χ1v) is 11.1. The van der Waals surface area contributed by atoms with Gasteiger partial charge in [0, 0.05) is 26.2 Å². The van der Waals surface area contributed by atoms with Gasteiger partial charge in [-0.25, -0.2) is 0 Å². The van der Waals surface area contributed by atoms with Gasteiger partial charge in [0.05, 0.1) is 5.75 Å². The number of hydrogen-bond donors (Lipinski definition) is 3. The summed E-state index contributed by atoms with van der Waals surface area (Å²) in [5.74, 6) is 0.301. The van der Waals surface area contributed by atoms with E-state index in [0.29, 0.717) is 17.5 Å². The van der Waals surface area contributed by atoms with E-state index in [-0.39, 0.29) is 17.6 Å². The first-order valence-electron chi connectivity index (χ1n) is 10.2. The minimum Gasteiger partial charge on any atom is -0.380 e. The van der Waals surface area contributed by atoms with E-state index in [2.05, 4.69) is 20.8 Å². The van der Waals surface area contributed by atoms with Crippen LogP contribution in [0.15, 0.2) is 47.6 Å². The maximum Gasteiger partial charge on any atom is 0.230 e. The standard InChI is InChI=1S/C23H27N5O3S/c1-14-10-11-18(15(2)20(14)25-16(3)29)12-24-19(30)13-32-23-27-26-22(28(23)4)21(31)17-8-6-5-7-9-17/h5-11,21,31H,12-13H2,1-4H3,(H,24,30)(H,25,29). The first kappa shape index (κ1) is 23.5. The number of benzene rings is 2. The van der Waals surface area contributed by atoms with Crippen LogP contribution in [0.3, 0.4) is 0 Å². The van der Waals surface area contributed by atoms with Gasteiger partial charge in [-0.1, -0.05) is 54.2 Å². The number of anilines is 1. The highest BCUT2D eigenvalue weighted by Gasteiger charge is 2.19. The molecule has 0 bridgehead atoms. The van der Waals surface area contributed by atoms with E-state index >= 15 is 0 Å². The average Bonchev–Trinajstić information content (AvgIpc) is 3.14. The van der Waals surface area contributed by atoms with E-state index in [4.69, 9.17) is 0 Å². The summed E-state index contributed by atoms with van der Waals surface area (Å²) >= 11 is 1.25. The maximum absolute atomic E-state index is 12.4. The van der Waals surface area contributed by atoms with Crippen molar-refractivity contribution in [2.75, 3.05) is 11.1 Å². The summed E-state index contributed by atoms with van der Waals surface area (Å²) in [7, 11) is 1.76. The molecule has 2 aromatic carbocycles. The molecule has 8 nitrogen and oxygen atoms in total. The number of aliphatic hydroxyl groups is 1. The molecule has 0 aliphatic rings. The topological polar surface area (TPSA) is 109 Å². The first-order chi connectivity index (χ1) is 15.3. The summed E-state index contributed by atoms with van der Waals surface area (Å²) < 4.78 is 1.69. The molecule has 0 fully saturated rings. The van der Waals surface area contributed by atoms with Gasteiger partial charge in [-0.05, 0) is 36.1 Å². The Morgan fingerprint density at radius 3 is 2.53 bits per heavy atom. The Hall–Kier alpha value is -3.17. The van der Waals surface area contributed by atoms with Gasteiger partial charge in [0.15, 0.2) is 11.0 Å². The average molecular weight is 454 g/mol. The molecule has 0 saturated carbocycles. The van der Waals surface area contributed by atoms with Gasteiger partial charge in [-0.15, -0.1) is 10.2 Å². The van der Waals surface area contributed by atoms with E-state index < -0.39 is 6.10 Å². The summed E-state index contributed by atoms with van der Waals surface area (Å²) in [5.41, 5.74) is 4.34. The number of carbonyl (C=O) groups is 2. The summed E-state index contributed by atoms with van der Waals surface area (Å²) in [6, 6.07) is 13.1. The molecule has 3 N–H and O–H groups in total. The summed E-state index contributed by atoms with van der Waals surface area (Å²) in [5, 5.41) is 25.1. The molecule has 0 saturated heterocycles. The lowest BCUT2D eigenvalue weighted by atomic mass is 10.0. The molecule has 1 atom stereocenters. The van der Waals surface area contributed by atoms with Crippen LogP contribution in [-0.4, -0.2) is 37.4 Å². The quantitative estimate of drug-likeness (QED) is 0.453. The predicted octanol–water partition coefficient (Wildman–Crippen LogP) is 2.88. The zero-order valence-corrected chi connectivity index (χ0v) is 19.4. The number of aromatic nitrogens is 3. The normalized spacial score (nSPS) is 11.8. The maximum atomic E-state index is 12.4. The molecule has 0 spiro atoms. The molecule has 1 unspecified atom stereocenters. The second-order valence-corrected chi connectivity index (χ2v) is 8.44. The van der Waals surface area contributed by atoms with Crippen molar-refractivity contribution in [2.24, 2.45) is 7.05 Å². The SMILES string of the molecule is CC(=O)Nc1c(C)ccc(CNC(=O)CSc2nnc(C(O)c3ccccc3)n2C)c1C. The summed E-state index contributed by atoms with van der Waals surface area (Å²) in [6.07, 6.45) is -0.890. The number of nitrogens with zero attached hydrogens (tertiary/aromatic N) is 3. The van der Waals surface area contributed by atoms with Crippen molar-refractivity contribution in [3.63, 3.8) is 0 Å². The highest BCUT2D eigenvalue weighted by Crippen LogP contribution is 2.25. The number of rotatable bonds is 8. The summed E-state index contributed by atoms with van der Waals surface area (Å²) in [6.45, 7) is 5.69. The zero-order valence-electron chi connectivity index (χ0n) is 18.5. The number of aliphatic hydroxyl groups excluding tert-OH is 1. The van der Waals surface area contributed by atoms with Crippen LogP contribution in [-0.2, 0) is 23.2 Å². The molecule has 3 rings (SSSR count). The number of hydrogen-bond acceptors (Lipinski definition) is 6. The van der Waals surface area contributed by atoms with Gasteiger partial charge in [-0.2, -0.15) is 0 Å². The smallest absolute Gasteiger partial charge is 0.230 e. The van der Waals surface area contributed by atoms with Gasteiger partial charge in [0.1, 0.15) is 6.10 Å². The highest BCUT2D eigenvalue weighted by molar-refractivity contribution is 7.99. The molecular formula is C23H27N5O3S. The van der Waals surface area contributed by atoms with Crippen molar-refractivity contribution in [1.29, 1.82) is 0 Å². The van der Waals surface area contributed by atoms with Crippen molar-refractivity contribution in [3.8, 4) is 0 Å². The Kier molecular flexibility index (Phi) is 7.66. The third-order valence-electron chi connectivity index (χ3n) is 5.12. The van der Waals surface area contributed by atoms with Gasteiger partial charge < -0.3 is 20.3 Å². The second kappa shape index (κ2) is 10.4. The molecule has 32 heavy (non-hydrogen) atoms. The minimum atomic E-state index is -0.890. The Morgan fingerprint density at radius 1 is 1.12 bits per heavy atom. The molecular weight excluding hydrogens is 426 g/mol. The largest absolute Gasteiger partial charge is 0.380 e. The monoisotopic (exact) mass is 453 g/mol. The van der Waals surface area contributed by atoms with E-state index in [1.165, 1.54) is 18.7 Å². The van der Waals surface area contributed by atoms with E-state index in [1.54, 1.807) is 11.6 Å². The molecule has 9 heteroatoms. The molecule has 3 aromatic rings. The van der Waals surface area contributed by atoms with Crippen LogP contribution in [0, 0.1) is 13.8 Å².